The molecule has 0 aliphatic heterocycles. The summed E-state index contributed by atoms with van der Waals surface area (Å²) in [5.74, 6) is 0.454. The van der Waals surface area contributed by atoms with Crippen LogP contribution in [0.1, 0.15) is 28.9 Å². The molecule has 0 saturated heterocycles. The van der Waals surface area contributed by atoms with Gasteiger partial charge >= 0.3 is 0 Å². The highest BCUT2D eigenvalue weighted by Gasteiger charge is 2.10. The van der Waals surface area contributed by atoms with Crippen molar-refractivity contribution in [3.63, 3.8) is 0 Å². The standard InChI is InChI=1S/C17H18N2O2S/c1-12(13-6-4-3-5-7-13)18-17(22)19-16(20)14-8-10-15(21-2)11-9-14/h3-12H,1-2H3,(H2,18,19,20,22)/t12-/m0/s1. The fourth-order valence-electron chi connectivity index (χ4n) is 1.98. The molecular weight excluding hydrogens is 296 g/mol. The van der Waals surface area contributed by atoms with Crippen LogP contribution in [0.2, 0.25) is 0 Å². The van der Waals surface area contributed by atoms with Crippen LogP contribution in [-0.4, -0.2) is 18.1 Å². The first kappa shape index (κ1) is 16.0. The van der Waals surface area contributed by atoms with Gasteiger partial charge in [0.1, 0.15) is 5.75 Å². The molecule has 0 aliphatic rings. The number of amides is 1. The minimum absolute atomic E-state index is 0.0184. The Labute approximate surface area is 135 Å². The highest BCUT2D eigenvalue weighted by molar-refractivity contribution is 7.80. The van der Waals surface area contributed by atoms with Crippen molar-refractivity contribution < 1.29 is 9.53 Å². The summed E-state index contributed by atoms with van der Waals surface area (Å²) in [7, 11) is 1.58. The van der Waals surface area contributed by atoms with Gasteiger partial charge in [0, 0.05) is 5.56 Å². The van der Waals surface area contributed by atoms with E-state index in [0.29, 0.717) is 16.4 Å². The molecule has 0 radical (unpaired) electrons. The van der Waals surface area contributed by atoms with E-state index < -0.39 is 0 Å². The van der Waals surface area contributed by atoms with Gasteiger partial charge in [-0.1, -0.05) is 30.3 Å². The van der Waals surface area contributed by atoms with E-state index in [1.54, 1.807) is 31.4 Å². The summed E-state index contributed by atoms with van der Waals surface area (Å²) in [6, 6.07) is 16.8. The van der Waals surface area contributed by atoms with Gasteiger partial charge in [0.15, 0.2) is 5.11 Å². The predicted molar refractivity (Wildman–Crippen MR) is 91.1 cm³/mol. The number of carbonyl (C=O) groups excluding carboxylic acids is 1. The largest absolute Gasteiger partial charge is 0.497 e. The zero-order valence-corrected chi connectivity index (χ0v) is 13.3. The van der Waals surface area contributed by atoms with Crippen LogP contribution in [0.3, 0.4) is 0 Å². The molecule has 2 N–H and O–H groups in total. The molecule has 1 atom stereocenters. The lowest BCUT2D eigenvalue weighted by Gasteiger charge is -2.16. The molecule has 0 aliphatic carbocycles. The summed E-state index contributed by atoms with van der Waals surface area (Å²) >= 11 is 5.19. The lowest BCUT2D eigenvalue weighted by Crippen LogP contribution is -2.40. The molecule has 22 heavy (non-hydrogen) atoms. The second-order valence-corrected chi connectivity index (χ2v) is 5.20. The van der Waals surface area contributed by atoms with Gasteiger partial charge in [-0.25, -0.2) is 0 Å². The number of rotatable bonds is 4. The molecule has 2 aromatic rings. The summed E-state index contributed by atoms with van der Waals surface area (Å²) in [6.45, 7) is 1.99. The number of thiocarbonyl (C=S) groups is 1. The number of hydrogen-bond acceptors (Lipinski definition) is 3. The summed E-state index contributed by atoms with van der Waals surface area (Å²) < 4.78 is 5.06. The molecule has 5 heteroatoms. The van der Waals surface area contributed by atoms with Gasteiger partial charge < -0.3 is 10.1 Å². The van der Waals surface area contributed by atoms with Crippen LogP contribution in [0.5, 0.6) is 5.75 Å². The molecular formula is C17H18N2O2S. The van der Waals surface area contributed by atoms with Crippen molar-refractivity contribution >= 4 is 23.2 Å². The third-order valence-electron chi connectivity index (χ3n) is 3.23. The Morgan fingerprint density at radius 2 is 1.73 bits per heavy atom. The van der Waals surface area contributed by atoms with E-state index in [2.05, 4.69) is 10.6 Å². The normalized spacial score (nSPS) is 11.4. The molecule has 2 rings (SSSR count). The number of ether oxygens (including phenoxy) is 1. The van der Waals surface area contributed by atoms with Gasteiger partial charge in [0.25, 0.3) is 5.91 Å². The number of nitrogens with one attached hydrogen (secondary N) is 2. The average Bonchev–Trinajstić information content (AvgIpc) is 2.55. The van der Waals surface area contributed by atoms with Crippen molar-refractivity contribution in [3.8, 4) is 5.75 Å². The van der Waals surface area contributed by atoms with Gasteiger partial charge in [0.2, 0.25) is 0 Å². The van der Waals surface area contributed by atoms with E-state index in [0.717, 1.165) is 5.56 Å². The third-order valence-corrected chi connectivity index (χ3v) is 3.45. The summed E-state index contributed by atoms with van der Waals surface area (Å²) in [5, 5.41) is 6.07. The van der Waals surface area contributed by atoms with Crippen LogP contribution < -0.4 is 15.4 Å². The Hall–Kier alpha value is -2.40. The van der Waals surface area contributed by atoms with Crippen LogP contribution >= 0.6 is 12.2 Å². The second kappa shape index (κ2) is 7.56. The highest BCUT2D eigenvalue weighted by atomic mass is 32.1. The Morgan fingerprint density at radius 1 is 1.09 bits per heavy atom. The molecule has 0 unspecified atom stereocenters. The average molecular weight is 314 g/mol. The molecule has 1 amide bonds. The van der Waals surface area contributed by atoms with Crippen molar-refractivity contribution in [2.24, 2.45) is 0 Å². The van der Waals surface area contributed by atoms with Crippen LogP contribution in [0, 0.1) is 0 Å². The smallest absolute Gasteiger partial charge is 0.257 e. The van der Waals surface area contributed by atoms with Gasteiger partial charge in [0.05, 0.1) is 13.2 Å². The van der Waals surface area contributed by atoms with Gasteiger partial charge in [-0.3, -0.25) is 10.1 Å². The summed E-state index contributed by atoms with van der Waals surface area (Å²) in [6.07, 6.45) is 0. The topological polar surface area (TPSA) is 50.4 Å². The van der Waals surface area contributed by atoms with Crippen LogP contribution in [0.4, 0.5) is 0 Å². The van der Waals surface area contributed by atoms with E-state index in [1.807, 2.05) is 37.3 Å². The number of benzene rings is 2. The predicted octanol–water partition coefficient (Wildman–Crippen LogP) is 3.06. The maximum absolute atomic E-state index is 12.1. The monoisotopic (exact) mass is 314 g/mol. The SMILES string of the molecule is COc1ccc(C(=O)NC(=S)N[C@@H](C)c2ccccc2)cc1. The van der Waals surface area contributed by atoms with Gasteiger partial charge in [-0.05, 0) is 49.0 Å². The lowest BCUT2D eigenvalue weighted by molar-refractivity contribution is 0.0976. The van der Waals surface area contributed by atoms with E-state index >= 15 is 0 Å². The third kappa shape index (κ3) is 4.30. The molecule has 0 fully saturated rings. The number of methoxy groups -OCH3 is 1. The van der Waals surface area contributed by atoms with Gasteiger partial charge in [-0.2, -0.15) is 0 Å². The summed E-state index contributed by atoms with van der Waals surface area (Å²) in [5.41, 5.74) is 1.63. The molecule has 4 nitrogen and oxygen atoms in total. The maximum Gasteiger partial charge on any atom is 0.257 e. The maximum atomic E-state index is 12.1. The molecule has 0 heterocycles. The van der Waals surface area contributed by atoms with Crippen molar-refractivity contribution in [2.45, 2.75) is 13.0 Å². The Morgan fingerprint density at radius 3 is 2.32 bits per heavy atom. The quantitative estimate of drug-likeness (QED) is 0.852. The zero-order valence-electron chi connectivity index (χ0n) is 12.5. The second-order valence-electron chi connectivity index (χ2n) is 4.79. The molecule has 0 spiro atoms. The fourth-order valence-corrected chi connectivity index (χ4v) is 2.24. The molecule has 0 aromatic heterocycles. The Balaban J connectivity index is 1.92. The van der Waals surface area contributed by atoms with Crippen molar-refractivity contribution in [1.29, 1.82) is 0 Å². The highest BCUT2D eigenvalue weighted by Crippen LogP contribution is 2.12. The summed E-state index contributed by atoms with van der Waals surface area (Å²) in [4.78, 5) is 12.1. The first-order chi connectivity index (χ1) is 10.6. The lowest BCUT2D eigenvalue weighted by atomic mass is 10.1. The molecule has 2 aromatic carbocycles. The van der Waals surface area contributed by atoms with E-state index in [-0.39, 0.29) is 11.9 Å². The van der Waals surface area contributed by atoms with Gasteiger partial charge in [-0.15, -0.1) is 0 Å². The zero-order chi connectivity index (χ0) is 15.9. The molecule has 0 bridgehead atoms. The minimum Gasteiger partial charge on any atom is -0.497 e. The minimum atomic E-state index is -0.250. The van der Waals surface area contributed by atoms with Crippen LogP contribution in [0.25, 0.3) is 0 Å². The van der Waals surface area contributed by atoms with Crippen molar-refractivity contribution in [2.75, 3.05) is 7.11 Å². The van der Waals surface area contributed by atoms with Crippen molar-refractivity contribution in [1.82, 2.24) is 10.6 Å². The molecule has 114 valence electrons. The molecule has 0 saturated carbocycles. The number of carbonyl (C=O) groups is 1. The Bertz CT molecular complexity index is 641. The van der Waals surface area contributed by atoms with Crippen LogP contribution in [-0.2, 0) is 0 Å². The fraction of sp³-hybridized carbons (Fsp3) is 0.176. The van der Waals surface area contributed by atoms with Crippen molar-refractivity contribution in [3.05, 3.63) is 65.7 Å². The first-order valence-corrected chi connectivity index (χ1v) is 7.32. The first-order valence-electron chi connectivity index (χ1n) is 6.91. The van der Waals surface area contributed by atoms with Crippen LogP contribution in [0.15, 0.2) is 54.6 Å². The van der Waals surface area contributed by atoms with E-state index in [9.17, 15) is 4.79 Å². The Kier molecular flexibility index (Phi) is 5.49. The number of hydrogen-bond donors (Lipinski definition) is 2. The van der Waals surface area contributed by atoms with E-state index in [4.69, 9.17) is 17.0 Å². The van der Waals surface area contributed by atoms with E-state index in [1.165, 1.54) is 0 Å².